The largest absolute Gasteiger partial charge is 0.481 e. The number of aromatic nitrogens is 1. The molecule has 0 aliphatic heterocycles. The number of pyridine rings is 1. The first-order valence-electron chi connectivity index (χ1n) is 6.85. The second-order valence-electron chi connectivity index (χ2n) is 4.98. The second-order valence-corrected chi connectivity index (χ2v) is 4.98. The molecule has 0 radical (unpaired) electrons. The van der Waals surface area contributed by atoms with Gasteiger partial charge in [-0.3, -0.25) is 4.79 Å². The highest BCUT2D eigenvalue weighted by molar-refractivity contribution is 5.97. The van der Waals surface area contributed by atoms with E-state index < -0.39 is 5.60 Å². The summed E-state index contributed by atoms with van der Waals surface area (Å²) < 4.78 is 10.4. The Hall–Kier alpha value is -1.62. The van der Waals surface area contributed by atoms with Gasteiger partial charge in [0.2, 0.25) is 5.88 Å². The summed E-state index contributed by atoms with van der Waals surface area (Å²) in [5, 5.41) is 2.88. The molecule has 0 fully saturated rings. The molecule has 20 heavy (non-hydrogen) atoms. The van der Waals surface area contributed by atoms with Gasteiger partial charge in [0.25, 0.3) is 5.91 Å². The molecule has 1 N–H and O–H groups in total. The van der Waals surface area contributed by atoms with Gasteiger partial charge >= 0.3 is 0 Å². The first-order chi connectivity index (χ1) is 9.46. The molecular weight excluding hydrogens is 256 g/mol. The van der Waals surface area contributed by atoms with Gasteiger partial charge in [0.15, 0.2) is 0 Å². The molecule has 0 saturated carbocycles. The quantitative estimate of drug-likeness (QED) is 0.834. The van der Waals surface area contributed by atoms with Crippen LogP contribution in [0, 0.1) is 6.92 Å². The van der Waals surface area contributed by atoms with E-state index in [1.807, 2.05) is 13.8 Å². The molecule has 112 valence electrons. The standard InChI is InChI=1S/C15H24N2O3/c1-6-7-10-15(3,20-5)14(18)17-12-8-9-13(19-4)16-11(12)2/h8-9H,6-7,10H2,1-5H3,(H,17,18)/t15-/m0/s1. The van der Waals surface area contributed by atoms with E-state index in [-0.39, 0.29) is 5.91 Å². The number of carbonyl (C=O) groups is 1. The van der Waals surface area contributed by atoms with Crippen LogP contribution in [0.5, 0.6) is 5.88 Å². The molecule has 0 aliphatic rings. The fraction of sp³-hybridized carbons (Fsp3) is 0.600. The number of hydrogen-bond donors (Lipinski definition) is 1. The van der Waals surface area contributed by atoms with Gasteiger partial charge in [0, 0.05) is 13.2 Å². The summed E-state index contributed by atoms with van der Waals surface area (Å²) in [6.45, 7) is 5.73. The maximum absolute atomic E-state index is 12.4. The Bertz CT molecular complexity index is 462. The van der Waals surface area contributed by atoms with Gasteiger partial charge in [-0.25, -0.2) is 4.98 Å². The number of nitrogens with one attached hydrogen (secondary N) is 1. The topological polar surface area (TPSA) is 60.5 Å². The van der Waals surface area contributed by atoms with Crippen molar-refractivity contribution in [3.8, 4) is 5.88 Å². The van der Waals surface area contributed by atoms with Crippen molar-refractivity contribution in [1.82, 2.24) is 4.98 Å². The average molecular weight is 280 g/mol. The van der Waals surface area contributed by atoms with E-state index >= 15 is 0 Å². The van der Waals surface area contributed by atoms with Crippen LogP contribution >= 0.6 is 0 Å². The van der Waals surface area contributed by atoms with Gasteiger partial charge in [-0.15, -0.1) is 0 Å². The molecule has 0 spiro atoms. The fourth-order valence-corrected chi connectivity index (χ4v) is 1.86. The maximum atomic E-state index is 12.4. The molecular formula is C15H24N2O3. The molecule has 1 atom stereocenters. The number of anilines is 1. The number of rotatable bonds is 7. The zero-order valence-corrected chi connectivity index (χ0v) is 12.9. The van der Waals surface area contributed by atoms with Crippen LogP contribution in [0.15, 0.2) is 12.1 Å². The normalized spacial score (nSPS) is 13.7. The van der Waals surface area contributed by atoms with Gasteiger partial charge in [0.05, 0.1) is 18.5 Å². The average Bonchev–Trinajstić information content (AvgIpc) is 2.46. The monoisotopic (exact) mass is 280 g/mol. The van der Waals surface area contributed by atoms with Crippen LogP contribution < -0.4 is 10.1 Å². The lowest BCUT2D eigenvalue weighted by atomic mass is 9.97. The van der Waals surface area contributed by atoms with Crippen LogP contribution in [0.25, 0.3) is 0 Å². The Morgan fingerprint density at radius 1 is 1.40 bits per heavy atom. The third-order valence-electron chi connectivity index (χ3n) is 3.46. The van der Waals surface area contributed by atoms with Crippen LogP contribution in [-0.4, -0.2) is 30.7 Å². The molecule has 1 rings (SSSR count). The summed E-state index contributed by atoms with van der Waals surface area (Å²) in [5.41, 5.74) is 0.574. The summed E-state index contributed by atoms with van der Waals surface area (Å²) in [7, 11) is 3.13. The zero-order chi connectivity index (χ0) is 15.2. The lowest BCUT2D eigenvalue weighted by Crippen LogP contribution is -2.42. The number of nitrogens with zero attached hydrogens (tertiary/aromatic N) is 1. The minimum Gasteiger partial charge on any atom is -0.481 e. The number of unbranched alkanes of at least 4 members (excludes halogenated alkanes) is 1. The third-order valence-corrected chi connectivity index (χ3v) is 3.46. The summed E-state index contributed by atoms with van der Waals surface area (Å²) in [5.74, 6) is 0.379. The van der Waals surface area contributed by atoms with E-state index in [2.05, 4.69) is 17.2 Å². The van der Waals surface area contributed by atoms with E-state index in [4.69, 9.17) is 9.47 Å². The summed E-state index contributed by atoms with van der Waals surface area (Å²) in [4.78, 5) is 16.6. The summed E-state index contributed by atoms with van der Waals surface area (Å²) in [6.07, 6.45) is 2.65. The molecule has 0 bridgehead atoms. The van der Waals surface area contributed by atoms with Crippen molar-refractivity contribution in [1.29, 1.82) is 0 Å². The van der Waals surface area contributed by atoms with Crippen molar-refractivity contribution in [3.63, 3.8) is 0 Å². The van der Waals surface area contributed by atoms with Gasteiger partial charge in [-0.1, -0.05) is 19.8 Å². The third kappa shape index (κ3) is 3.93. The minimum absolute atomic E-state index is 0.150. The van der Waals surface area contributed by atoms with Crippen LogP contribution in [0.4, 0.5) is 5.69 Å². The molecule has 1 amide bonds. The van der Waals surface area contributed by atoms with E-state index in [1.54, 1.807) is 26.4 Å². The SMILES string of the molecule is CCCC[C@](C)(OC)C(=O)Nc1ccc(OC)nc1C. The highest BCUT2D eigenvalue weighted by atomic mass is 16.5. The minimum atomic E-state index is -0.817. The maximum Gasteiger partial charge on any atom is 0.256 e. The predicted molar refractivity (Wildman–Crippen MR) is 79.1 cm³/mol. The fourth-order valence-electron chi connectivity index (χ4n) is 1.86. The molecule has 0 unspecified atom stereocenters. The first-order valence-corrected chi connectivity index (χ1v) is 6.85. The molecule has 1 aromatic heterocycles. The Morgan fingerprint density at radius 2 is 2.10 bits per heavy atom. The molecule has 5 heteroatoms. The molecule has 5 nitrogen and oxygen atoms in total. The van der Waals surface area contributed by atoms with E-state index in [0.717, 1.165) is 12.8 Å². The van der Waals surface area contributed by atoms with Crippen molar-refractivity contribution in [2.24, 2.45) is 0 Å². The smallest absolute Gasteiger partial charge is 0.256 e. The Morgan fingerprint density at radius 3 is 2.60 bits per heavy atom. The number of methoxy groups -OCH3 is 2. The summed E-state index contributed by atoms with van der Waals surface area (Å²) in [6, 6.07) is 3.51. The molecule has 0 aliphatic carbocycles. The first kappa shape index (κ1) is 16.4. The van der Waals surface area contributed by atoms with Crippen LogP contribution in [0.3, 0.4) is 0 Å². The van der Waals surface area contributed by atoms with Crippen LogP contribution in [-0.2, 0) is 9.53 Å². The van der Waals surface area contributed by atoms with Crippen molar-refractivity contribution < 1.29 is 14.3 Å². The number of hydrogen-bond acceptors (Lipinski definition) is 4. The van der Waals surface area contributed by atoms with Gasteiger partial charge in [-0.2, -0.15) is 0 Å². The number of aryl methyl sites for hydroxylation is 1. The lowest BCUT2D eigenvalue weighted by molar-refractivity contribution is -0.136. The Labute approximate surface area is 120 Å². The van der Waals surface area contributed by atoms with Crippen molar-refractivity contribution in [2.45, 2.75) is 45.6 Å². The molecule has 0 saturated heterocycles. The van der Waals surface area contributed by atoms with Gasteiger partial charge in [-0.05, 0) is 26.3 Å². The van der Waals surface area contributed by atoms with Crippen molar-refractivity contribution in [2.75, 3.05) is 19.5 Å². The van der Waals surface area contributed by atoms with Gasteiger partial charge in [0.1, 0.15) is 5.60 Å². The van der Waals surface area contributed by atoms with Gasteiger partial charge < -0.3 is 14.8 Å². The number of amides is 1. The second kappa shape index (κ2) is 7.24. The Kier molecular flexibility index (Phi) is 5.95. The summed E-state index contributed by atoms with van der Waals surface area (Å²) >= 11 is 0. The number of ether oxygens (including phenoxy) is 2. The predicted octanol–water partition coefficient (Wildman–Crippen LogP) is 2.93. The highest BCUT2D eigenvalue weighted by Crippen LogP contribution is 2.23. The van der Waals surface area contributed by atoms with Crippen molar-refractivity contribution in [3.05, 3.63) is 17.8 Å². The number of carbonyl (C=O) groups excluding carboxylic acids is 1. The van der Waals surface area contributed by atoms with E-state index in [9.17, 15) is 4.79 Å². The molecule has 0 aromatic carbocycles. The van der Waals surface area contributed by atoms with Crippen LogP contribution in [0.1, 0.15) is 38.8 Å². The Balaban J connectivity index is 2.83. The van der Waals surface area contributed by atoms with E-state index in [1.165, 1.54) is 0 Å². The molecule has 1 heterocycles. The molecule has 1 aromatic rings. The zero-order valence-electron chi connectivity index (χ0n) is 12.9. The van der Waals surface area contributed by atoms with E-state index in [0.29, 0.717) is 23.7 Å². The highest BCUT2D eigenvalue weighted by Gasteiger charge is 2.32. The lowest BCUT2D eigenvalue weighted by Gasteiger charge is -2.27. The van der Waals surface area contributed by atoms with Crippen LogP contribution in [0.2, 0.25) is 0 Å². The van der Waals surface area contributed by atoms with Crippen molar-refractivity contribution >= 4 is 11.6 Å².